The van der Waals surface area contributed by atoms with Crippen molar-refractivity contribution >= 4 is 28.4 Å². The average Bonchev–Trinajstić information content (AvgIpc) is 2.81. The van der Waals surface area contributed by atoms with Gasteiger partial charge in [0.05, 0.1) is 16.1 Å². The van der Waals surface area contributed by atoms with Gasteiger partial charge in [-0.05, 0) is 37.8 Å². The third-order valence-corrected chi connectivity index (χ3v) is 5.54. The summed E-state index contributed by atoms with van der Waals surface area (Å²) in [6.07, 6.45) is 3.59. The van der Waals surface area contributed by atoms with Crippen LogP contribution in [0.25, 0.3) is 0 Å². The van der Waals surface area contributed by atoms with Crippen LogP contribution in [0.2, 0.25) is 5.02 Å². The highest BCUT2D eigenvalue weighted by Gasteiger charge is 2.36. The van der Waals surface area contributed by atoms with E-state index in [2.05, 4.69) is 6.07 Å². The minimum atomic E-state index is 0.476. The van der Waals surface area contributed by atoms with Gasteiger partial charge in [0.2, 0.25) is 0 Å². The zero-order valence-electron chi connectivity index (χ0n) is 10.2. The van der Waals surface area contributed by atoms with E-state index in [1.54, 1.807) is 0 Å². The van der Waals surface area contributed by atoms with Gasteiger partial charge in [-0.25, -0.2) is 0 Å². The van der Waals surface area contributed by atoms with Crippen LogP contribution in [0.3, 0.4) is 0 Å². The topological polar surface area (TPSA) is 38.4 Å². The lowest BCUT2D eigenvalue weighted by Crippen LogP contribution is -2.31. The molecule has 96 valence electrons. The summed E-state index contributed by atoms with van der Waals surface area (Å²) in [5.74, 6) is 0.680. The number of hydrogen-bond donors (Lipinski definition) is 1. The van der Waals surface area contributed by atoms with Crippen LogP contribution >= 0.6 is 23.4 Å². The molecule has 1 aromatic rings. The van der Waals surface area contributed by atoms with Gasteiger partial charge < -0.3 is 5.73 Å². The van der Waals surface area contributed by atoms with Crippen molar-refractivity contribution in [1.29, 1.82) is 0 Å². The first-order valence-corrected chi connectivity index (χ1v) is 7.73. The number of aliphatic imine (C=N–C) groups is 1. The number of halogens is 1. The van der Waals surface area contributed by atoms with Gasteiger partial charge in [0, 0.05) is 10.8 Å². The molecule has 3 rings (SSSR count). The Hall–Kier alpha value is -0.510. The number of hydrogen-bond acceptors (Lipinski definition) is 3. The van der Waals surface area contributed by atoms with Crippen LogP contribution in [-0.4, -0.2) is 22.9 Å². The number of nitrogens with zero attached hydrogens (tertiary/aromatic N) is 1. The molecular weight excluding hydrogens is 264 g/mol. The van der Waals surface area contributed by atoms with E-state index in [9.17, 15) is 0 Å². The molecule has 2 aliphatic rings. The molecule has 4 heteroatoms. The van der Waals surface area contributed by atoms with Crippen molar-refractivity contribution in [2.24, 2.45) is 16.6 Å². The minimum absolute atomic E-state index is 0.476. The Bertz CT molecular complexity index is 475. The predicted octanol–water partition coefficient (Wildman–Crippen LogP) is 3.33. The first kappa shape index (κ1) is 12.5. The molecule has 0 bridgehead atoms. The molecular formula is C14H17ClN2S. The summed E-state index contributed by atoms with van der Waals surface area (Å²) >= 11 is 8.13. The van der Waals surface area contributed by atoms with Crippen LogP contribution in [-0.2, 0) is 0 Å². The molecule has 3 unspecified atom stereocenters. The lowest BCUT2D eigenvalue weighted by molar-refractivity contribution is 0.347. The summed E-state index contributed by atoms with van der Waals surface area (Å²) in [5.41, 5.74) is 6.87. The predicted molar refractivity (Wildman–Crippen MR) is 79.6 cm³/mol. The summed E-state index contributed by atoms with van der Waals surface area (Å²) in [6, 6.07) is 8.46. The lowest BCUT2D eigenvalue weighted by Gasteiger charge is -2.28. The van der Waals surface area contributed by atoms with E-state index in [1.807, 2.05) is 30.0 Å². The third-order valence-electron chi connectivity index (χ3n) is 3.85. The van der Waals surface area contributed by atoms with Gasteiger partial charge in [-0.2, -0.15) is 0 Å². The molecule has 0 spiro atoms. The van der Waals surface area contributed by atoms with Gasteiger partial charge in [-0.1, -0.05) is 29.8 Å². The fourth-order valence-electron chi connectivity index (χ4n) is 2.78. The number of thioether (sulfide) groups is 1. The Kier molecular flexibility index (Phi) is 3.64. The van der Waals surface area contributed by atoms with E-state index in [0.29, 0.717) is 17.2 Å². The second-order valence-electron chi connectivity index (χ2n) is 5.05. The van der Waals surface area contributed by atoms with Crippen molar-refractivity contribution in [2.75, 3.05) is 6.54 Å². The van der Waals surface area contributed by atoms with E-state index in [1.165, 1.54) is 19.3 Å². The zero-order valence-corrected chi connectivity index (χ0v) is 11.8. The second kappa shape index (κ2) is 5.24. The van der Waals surface area contributed by atoms with Gasteiger partial charge in [0.25, 0.3) is 0 Å². The highest BCUT2D eigenvalue weighted by molar-refractivity contribution is 8.15. The van der Waals surface area contributed by atoms with Crippen molar-refractivity contribution in [2.45, 2.75) is 30.6 Å². The van der Waals surface area contributed by atoms with Gasteiger partial charge in [0.15, 0.2) is 0 Å². The van der Waals surface area contributed by atoms with Crippen LogP contribution in [0.4, 0.5) is 0 Å². The van der Waals surface area contributed by atoms with E-state index in [0.717, 1.165) is 22.2 Å². The summed E-state index contributed by atoms with van der Waals surface area (Å²) in [6.45, 7) is 0.811. The van der Waals surface area contributed by atoms with Crippen molar-refractivity contribution in [3.8, 4) is 0 Å². The Morgan fingerprint density at radius 1 is 1.33 bits per heavy atom. The molecule has 3 atom stereocenters. The average molecular weight is 281 g/mol. The largest absolute Gasteiger partial charge is 0.330 e. The number of nitrogens with two attached hydrogens (primary N) is 1. The van der Waals surface area contributed by atoms with E-state index < -0.39 is 0 Å². The molecule has 0 radical (unpaired) electrons. The van der Waals surface area contributed by atoms with Crippen molar-refractivity contribution in [1.82, 2.24) is 0 Å². The van der Waals surface area contributed by atoms with Crippen LogP contribution in [0.5, 0.6) is 0 Å². The molecule has 1 aliphatic heterocycles. The Labute approximate surface area is 117 Å². The molecule has 0 amide bonds. The minimum Gasteiger partial charge on any atom is -0.330 e. The Morgan fingerprint density at radius 2 is 2.17 bits per heavy atom. The molecule has 1 aliphatic carbocycles. The molecule has 2 N–H and O–H groups in total. The highest BCUT2D eigenvalue weighted by atomic mass is 35.5. The van der Waals surface area contributed by atoms with Gasteiger partial charge >= 0.3 is 0 Å². The SMILES string of the molecule is NCC1CCC2N=C(c3ccccc3Cl)SC2C1. The fraction of sp³-hybridized carbons (Fsp3) is 0.500. The molecule has 0 saturated heterocycles. The monoisotopic (exact) mass is 280 g/mol. The summed E-state index contributed by atoms with van der Waals surface area (Å²) in [4.78, 5) is 4.86. The highest BCUT2D eigenvalue weighted by Crippen LogP contribution is 2.41. The molecule has 1 fully saturated rings. The van der Waals surface area contributed by atoms with Crippen molar-refractivity contribution in [3.05, 3.63) is 34.9 Å². The van der Waals surface area contributed by atoms with Crippen LogP contribution < -0.4 is 5.73 Å². The molecule has 1 heterocycles. The van der Waals surface area contributed by atoms with Gasteiger partial charge in [-0.15, -0.1) is 11.8 Å². The second-order valence-corrected chi connectivity index (χ2v) is 6.69. The summed E-state index contributed by atoms with van der Waals surface area (Å²) in [7, 11) is 0. The molecule has 1 saturated carbocycles. The number of benzene rings is 1. The van der Waals surface area contributed by atoms with E-state index in [-0.39, 0.29) is 0 Å². The number of fused-ring (bicyclic) bond motifs is 1. The maximum atomic E-state index is 6.24. The molecule has 1 aromatic carbocycles. The Morgan fingerprint density at radius 3 is 2.94 bits per heavy atom. The van der Waals surface area contributed by atoms with E-state index >= 15 is 0 Å². The first-order valence-electron chi connectivity index (χ1n) is 6.47. The standard InChI is InChI=1S/C14H17ClN2S/c15-11-4-2-1-3-10(11)14-17-12-6-5-9(8-16)7-13(12)18-14/h1-4,9,12-13H,5-8,16H2. The van der Waals surface area contributed by atoms with Crippen molar-refractivity contribution < 1.29 is 0 Å². The van der Waals surface area contributed by atoms with Crippen LogP contribution in [0, 0.1) is 5.92 Å². The molecule has 0 aromatic heterocycles. The number of rotatable bonds is 2. The third kappa shape index (κ3) is 2.31. The molecule has 18 heavy (non-hydrogen) atoms. The lowest BCUT2D eigenvalue weighted by atomic mass is 9.86. The van der Waals surface area contributed by atoms with Crippen molar-refractivity contribution in [3.63, 3.8) is 0 Å². The van der Waals surface area contributed by atoms with E-state index in [4.69, 9.17) is 22.3 Å². The molecule has 2 nitrogen and oxygen atoms in total. The first-order chi connectivity index (χ1) is 8.78. The van der Waals surface area contributed by atoms with Gasteiger partial charge in [-0.3, -0.25) is 4.99 Å². The summed E-state index contributed by atoms with van der Waals surface area (Å²) < 4.78 is 0. The van der Waals surface area contributed by atoms with Crippen LogP contribution in [0.15, 0.2) is 29.3 Å². The van der Waals surface area contributed by atoms with Gasteiger partial charge in [0.1, 0.15) is 0 Å². The normalized spacial score (nSPS) is 31.0. The quantitative estimate of drug-likeness (QED) is 0.902. The summed E-state index contributed by atoms with van der Waals surface area (Å²) in [5, 5.41) is 2.53. The smallest absolute Gasteiger partial charge is 0.0999 e. The fourth-order valence-corrected chi connectivity index (χ4v) is 4.57. The zero-order chi connectivity index (χ0) is 12.5. The van der Waals surface area contributed by atoms with Crippen LogP contribution in [0.1, 0.15) is 24.8 Å². The maximum Gasteiger partial charge on any atom is 0.0999 e. The maximum absolute atomic E-state index is 6.24. The Balaban J connectivity index is 1.80.